The van der Waals surface area contributed by atoms with Crippen molar-refractivity contribution in [2.45, 2.75) is 0 Å². The van der Waals surface area contributed by atoms with E-state index in [1.807, 2.05) is 0 Å². The van der Waals surface area contributed by atoms with Crippen LogP contribution in [0.3, 0.4) is 0 Å². The number of carboxylic acids is 1. The zero-order valence-corrected chi connectivity index (χ0v) is 8.51. The minimum atomic E-state index is -1.62. The maximum Gasteiger partial charge on any atom is 0.376 e. The van der Waals surface area contributed by atoms with Crippen LogP contribution < -0.4 is 4.74 Å². The van der Waals surface area contributed by atoms with Crippen molar-refractivity contribution in [1.82, 2.24) is 0 Å². The monoisotopic (exact) mass is 222 g/mol. The van der Waals surface area contributed by atoms with Crippen LogP contribution in [-0.4, -0.2) is 29.1 Å². The third-order valence-corrected chi connectivity index (χ3v) is 1.84. The highest BCUT2D eigenvalue weighted by Gasteiger charge is 2.10. The van der Waals surface area contributed by atoms with E-state index < -0.39 is 17.5 Å². The van der Waals surface area contributed by atoms with E-state index in [0.29, 0.717) is 17.4 Å². The fraction of sp³-hybridized carbons (Fsp3) is 0.0909. The first-order valence-corrected chi connectivity index (χ1v) is 4.37. The SMILES string of the molecule is COc1cccc(C(O)=CC(=O)C(=O)O)c1. The molecule has 0 saturated heterocycles. The number of benzene rings is 1. The largest absolute Gasteiger partial charge is 0.507 e. The number of aliphatic hydroxyl groups is 1. The van der Waals surface area contributed by atoms with Gasteiger partial charge >= 0.3 is 5.97 Å². The van der Waals surface area contributed by atoms with Crippen LogP contribution in [0.25, 0.3) is 5.76 Å². The van der Waals surface area contributed by atoms with Gasteiger partial charge in [0.15, 0.2) is 0 Å². The molecular formula is C11H10O5. The molecule has 0 spiro atoms. The summed E-state index contributed by atoms with van der Waals surface area (Å²) in [5.74, 6) is -2.71. The molecule has 5 heteroatoms. The van der Waals surface area contributed by atoms with E-state index in [2.05, 4.69) is 0 Å². The van der Waals surface area contributed by atoms with Crippen molar-refractivity contribution in [3.8, 4) is 5.75 Å². The Morgan fingerprint density at radius 1 is 1.31 bits per heavy atom. The molecule has 0 saturated carbocycles. The first-order valence-electron chi connectivity index (χ1n) is 4.37. The molecule has 1 aromatic carbocycles. The molecule has 84 valence electrons. The fourth-order valence-corrected chi connectivity index (χ4v) is 1.05. The third-order valence-electron chi connectivity index (χ3n) is 1.84. The van der Waals surface area contributed by atoms with Crippen molar-refractivity contribution in [3.05, 3.63) is 35.9 Å². The summed E-state index contributed by atoms with van der Waals surface area (Å²) in [4.78, 5) is 21.1. The summed E-state index contributed by atoms with van der Waals surface area (Å²) in [6, 6.07) is 6.30. The maximum atomic E-state index is 10.8. The van der Waals surface area contributed by atoms with Crippen LogP contribution >= 0.6 is 0 Å². The standard InChI is InChI=1S/C11H10O5/c1-16-8-4-2-3-7(5-8)9(12)6-10(13)11(14)15/h2-6,12H,1H3,(H,14,15). The normalized spacial score (nSPS) is 10.9. The quantitative estimate of drug-likeness (QED) is 0.455. The van der Waals surface area contributed by atoms with Gasteiger partial charge in [0.2, 0.25) is 0 Å². The Bertz CT molecular complexity index is 447. The van der Waals surface area contributed by atoms with E-state index in [-0.39, 0.29) is 0 Å². The minimum absolute atomic E-state index is 0.314. The number of carbonyl (C=O) groups excluding carboxylic acids is 1. The number of methoxy groups -OCH3 is 1. The molecule has 0 amide bonds. The van der Waals surface area contributed by atoms with Gasteiger partial charge in [0.1, 0.15) is 11.5 Å². The van der Waals surface area contributed by atoms with Gasteiger partial charge in [-0.05, 0) is 12.1 Å². The van der Waals surface area contributed by atoms with Gasteiger partial charge in [0, 0.05) is 11.6 Å². The molecular weight excluding hydrogens is 212 g/mol. The summed E-state index contributed by atoms with van der Waals surface area (Å²) in [5, 5.41) is 17.8. The van der Waals surface area contributed by atoms with E-state index in [0.717, 1.165) is 0 Å². The second-order valence-corrected chi connectivity index (χ2v) is 2.93. The summed E-state index contributed by atoms with van der Waals surface area (Å²) < 4.78 is 4.92. The molecule has 0 heterocycles. The van der Waals surface area contributed by atoms with Crippen molar-refractivity contribution in [3.63, 3.8) is 0 Å². The number of ether oxygens (including phenoxy) is 1. The van der Waals surface area contributed by atoms with Gasteiger partial charge in [-0.1, -0.05) is 12.1 Å². The summed E-state index contributed by atoms with van der Waals surface area (Å²) in [7, 11) is 1.46. The molecule has 2 N–H and O–H groups in total. The Morgan fingerprint density at radius 3 is 2.56 bits per heavy atom. The highest BCUT2D eigenvalue weighted by Crippen LogP contribution is 2.17. The van der Waals surface area contributed by atoms with Crippen molar-refractivity contribution in [2.75, 3.05) is 7.11 Å². The number of carboxylic acid groups (broad SMARTS) is 1. The Kier molecular flexibility index (Phi) is 3.66. The molecule has 0 aliphatic heterocycles. The van der Waals surface area contributed by atoms with Crippen molar-refractivity contribution in [1.29, 1.82) is 0 Å². The number of ketones is 1. The lowest BCUT2D eigenvalue weighted by atomic mass is 10.1. The van der Waals surface area contributed by atoms with Crippen LogP contribution in [0.4, 0.5) is 0 Å². The first-order chi connectivity index (χ1) is 7.54. The fourth-order valence-electron chi connectivity index (χ4n) is 1.05. The Hall–Kier alpha value is -2.30. The lowest BCUT2D eigenvalue weighted by molar-refractivity contribution is -0.146. The predicted octanol–water partition coefficient (Wildman–Crippen LogP) is 1.25. The molecule has 0 radical (unpaired) electrons. The van der Waals surface area contributed by atoms with E-state index in [9.17, 15) is 14.7 Å². The van der Waals surface area contributed by atoms with E-state index in [1.165, 1.54) is 19.2 Å². The second-order valence-electron chi connectivity index (χ2n) is 2.93. The van der Waals surface area contributed by atoms with E-state index in [1.54, 1.807) is 12.1 Å². The molecule has 5 nitrogen and oxygen atoms in total. The summed E-state index contributed by atoms with van der Waals surface area (Å²) >= 11 is 0. The average molecular weight is 222 g/mol. The lowest BCUT2D eigenvalue weighted by Gasteiger charge is -2.02. The van der Waals surface area contributed by atoms with Gasteiger partial charge in [-0.25, -0.2) is 4.79 Å². The van der Waals surface area contributed by atoms with Gasteiger partial charge in [0.25, 0.3) is 5.78 Å². The Labute approximate surface area is 91.6 Å². The van der Waals surface area contributed by atoms with E-state index >= 15 is 0 Å². The summed E-state index contributed by atoms with van der Waals surface area (Å²) in [5.41, 5.74) is 0.314. The Morgan fingerprint density at radius 2 is 2.00 bits per heavy atom. The highest BCUT2D eigenvalue weighted by molar-refractivity contribution is 6.38. The smallest absolute Gasteiger partial charge is 0.376 e. The topological polar surface area (TPSA) is 83.8 Å². The number of aliphatic carboxylic acids is 1. The first kappa shape index (κ1) is 11.8. The van der Waals surface area contributed by atoms with Crippen LogP contribution in [0.2, 0.25) is 0 Å². The lowest BCUT2D eigenvalue weighted by Crippen LogP contribution is -2.09. The molecule has 16 heavy (non-hydrogen) atoms. The number of rotatable bonds is 4. The minimum Gasteiger partial charge on any atom is -0.507 e. The zero-order chi connectivity index (χ0) is 12.1. The van der Waals surface area contributed by atoms with Crippen LogP contribution in [0.1, 0.15) is 5.56 Å². The van der Waals surface area contributed by atoms with Crippen molar-refractivity contribution >= 4 is 17.5 Å². The third kappa shape index (κ3) is 2.84. The molecule has 0 aliphatic rings. The summed E-state index contributed by atoms with van der Waals surface area (Å²) in [6.07, 6.45) is 0.650. The van der Waals surface area contributed by atoms with Crippen molar-refractivity contribution in [2.24, 2.45) is 0 Å². The number of hydrogen-bond acceptors (Lipinski definition) is 4. The highest BCUT2D eigenvalue weighted by atomic mass is 16.5. The van der Waals surface area contributed by atoms with Gasteiger partial charge < -0.3 is 14.9 Å². The molecule has 0 aliphatic carbocycles. The van der Waals surface area contributed by atoms with Crippen LogP contribution in [0.15, 0.2) is 30.3 Å². The molecule has 0 unspecified atom stereocenters. The van der Waals surface area contributed by atoms with E-state index in [4.69, 9.17) is 9.84 Å². The predicted molar refractivity (Wildman–Crippen MR) is 56.2 cm³/mol. The second kappa shape index (κ2) is 4.97. The molecule has 1 rings (SSSR count). The molecule has 0 atom stereocenters. The number of hydrogen-bond donors (Lipinski definition) is 2. The van der Waals surface area contributed by atoms with Crippen molar-refractivity contribution < 1.29 is 24.5 Å². The van der Waals surface area contributed by atoms with Gasteiger partial charge in [-0.15, -0.1) is 0 Å². The van der Waals surface area contributed by atoms with Gasteiger partial charge in [-0.2, -0.15) is 0 Å². The molecule has 1 aromatic rings. The van der Waals surface area contributed by atoms with Crippen LogP contribution in [0, 0.1) is 0 Å². The van der Waals surface area contributed by atoms with Gasteiger partial charge in [-0.3, -0.25) is 4.79 Å². The molecule has 0 bridgehead atoms. The maximum absolute atomic E-state index is 10.8. The summed E-state index contributed by atoms with van der Waals surface area (Å²) in [6.45, 7) is 0. The Balaban J connectivity index is 2.99. The average Bonchev–Trinajstić information content (AvgIpc) is 2.28. The molecule has 0 fully saturated rings. The van der Waals surface area contributed by atoms with Crippen LogP contribution in [0.5, 0.6) is 5.75 Å². The van der Waals surface area contributed by atoms with Gasteiger partial charge in [0.05, 0.1) is 7.11 Å². The number of aliphatic hydroxyl groups excluding tert-OH is 1. The zero-order valence-electron chi connectivity index (χ0n) is 8.51. The number of carbonyl (C=O) groups is 2. The molecule has 0 aromatic heterocycles. The van der Waals surface area contributed by atoms with Crippen LogP contribution in [-0.2, 0) is 9.59 Å².